The first-order valence-corrected chi connectivity index (χ1v) is 15.4. The number of fused-ring (bicyclic) bond motifs is 3. The minimum Gasteiger partial charge on any atom is -0.507 e. The summed E-state index contributed by atoms with van der Waals surface area (Å²) in [4.78, 5) is 41.1. The molecule has 5 fully saturated rings. The molecule has 0 aromatic heterocycles. The maximum absolute atomic E-state index is 13.6. The summed E-state index contributed by atoms with van der Waals surface area (Å²) in [6, 6.07) is -1.14. The van der Waals surface area contributed by atoms with Crippen LogP contribution < -0.4 is 5.32 Å². The third-order valence-electron chi connectivity index (χ3n) is 10.1. The number of nitrogens with one attached hydrogen (secondary N) is 1. The zero-order valence-corrected chi connectivity index (χ0v) is 26.2. The Balaban J connectivity index is 1.36. The molecule has 0 unspecified atom stereocenters. The molecule has 11 nitrogen and oxygen atoms in total. The van der Waals surface area contributed by atoms with E-state index in [2.05, 4.69) is 19.2 Å². The third-order valence-corrected chi connectivity index (χ3v) is 10.1. The molecular weight excluding hydrogens is 556 g/mol. The predicted molar refractivity (Wildman–Crippen MR) is 155 cm³/mol. The van der Waals surface area contributed by atoms with Crippen LogP contribution in [0.15, 0.2) is 35.1 Å². The number of epoxide rings is 1. The van der Waals surface area contributed by atoms with Crippen molar-refractivity contribution in [3.05, 3.63) is 35.1 Å². The number of allylic oxidation sites excluding steroid dienone is 3. The van der Waals surface area contributed by atoms with Gasteiger partial charge < -0.3 is 39.4 Å². The van der Waals surface area contributed by atoms with Crippen LogP contribution >= 0.6 is 0 Å². The van der Waals surface area contributed by atoms with Crippen molar-refractivity contribution >= 4 is 17.6 Å². The second-order valence-corrected chi connectivity index (χ2v) is 13.1. The number of hydrogen-bond donors (Lipinski definition) is 3. The lowest BCUT2D eigenvalue weighted by Gasteiger charge is -2.53. The van der Waals surface area contributed by atoms with E-state index in [1.165, 1.54) is 18.0 Å². The summed E-state index contributed by atoms with van der Waals surface area (Å²) in [6.45, 7) is 12.0. The number of ether oxygens (including phenoxy) is 4. The molecule has 238 valence electrons. The predicted octanol–water partition coefficient (Wildman–Crippen LogP) is 2.68. The summed E-state index contributed by atoms with van der Waals surface area (Å²) < 4.78 is 24.5. The molecule has 5 aliphatic rings. The van der Waals surface area contributed by atoms with Gasteiger partial charge in [-0.15, -0.1) is 0 Å². The number of carbonyl (C=O) groups excluding carboxylic acids is 3. The normalized spacial score (nSPS) is 42.4. The Kier molecular flexibility index (Phi) is 8.69. The van der Waals surface area contributed by atoms with E-state index in [0.717, 1.165) is 18.4 Å². The van der Waals surface area contributed by atoms with Crippen molar-refractivity contribution in [2.45, 2.75) is 115 Å². The van der Waals surface area contributed by atoms with Crippen molar-refractivity contribution in [2.75, 3.05) is 13.7 Å². The summed E-state index contributed by atoms with van der Waals surface area (Å²) in [5, 5.41) is 23.7. The highest BCUT2D eigenvalue weighted by Gasteiger charge is 2.67. The lowest BCUT2D eigenvalue weighted by molar-refractivity contribution is -0.373. The smallest absolute Gasteiger partial charge is 0.264 e. The largest absolute Gasteiger partial charge is 0.507 e. The summed E-state index contributed by atoms with van der Waals surface area (Å²) in [5.41, 5.74) is 0.0790. The monoisotopic (exact) mass is 602 g/mol. The number of aliphatic hydroxyl groups excluding tert-OH is 2. The molecule has 0 aromatic rings. The second-order valence-electron chi connectivity index (χ2n) is 13.1. The molecule has 3 N–H and O–H groups in total. The first-order chi connectivity index (χ1) is 20.2. The van der Waals surface area contributed by atoms with E-state index in [-0.39, 0.29) is 35.2 Å². The van der Waals surface area contributed by atoms with Crippen molar-refractivity contribution in [1.82, 2.24) is 10.2 Å². The van der Waals surface area contributed by atoms with E-state index in [9.17, 15) is 24.6 Å². The van der Waals surface area contributed by atoms with Crippen molar-refractivity contribution in [3.63, 3.8) is 0 Å². The first-order valence-electron chi connectivity index (χ1n) is 15.4. The van der Waals surface area contributed by atoms with Crippen LogP contribution in [0, 0.1) is 17.8 Å². The molecule has 11 atom stereocenters. The minimum atomic E-state index is -1.14. The number of amides is 2. The summed E-state index contributed by atoms with van der Waals surface area (Å²) in [6.07, 6.45) is 5.51. The van der Waals surface area contributed by atoms with Crippen molar-refractivity contribution in [1.29, 1.82) is 0 Å². The number of Topliss-reactive ketones (excluding diaryl/α,β-unsaturated/α-hetero) is 1. The van der Waals surface area contributed by atoms with Gasteiger partial charge in [-0.25, -0.2) is 0 Å². The summed E-state index contributed by atoms with van der Waals surface area (Å²) in [7, 11) is 1.46. The number of rotatable bonds is 7. The molecule has 0 aromatic carbocycles. The molecule has 11 heteroatoms. The van der Waals surface area contributed by atoms with Crippen LogP contribution in [-0.4, -0.2) is 94.4 Å². The third kappa shape index (κ3) is 5.59. The SMILES string of the molecule is CNC(=O)[C@@H](C)[C@H]1C(=O)\C(=C(O)/C=C/C(C)=C/[C@@H](C)[C@H]2O[C@@]3(C)O[C@H](CC[C@@]34CO4)[C@@H]2C)C(=O)N1[C@@H]1CC[C@H](O)[C@H](C)O1. The molecule has 5 heterocycles. The Hall–Kier alpha value is -2.57. The molecule has 0 saturated carbocycles. The molecule has 5 saturated heterocycles. The Morgan fingerprint density at radius 1 is 1.14 bits per heavy atom. The standard InChI is InChI=1S/C32H46N2O9/c1-16(14-17(2)28-18(3)23-12-13-32(15-40-32)31(6,42-23)43-28)8-9-22(36)25-27(37)26(19(4)29(38)33-7)34(30(25)39)24-11-10-21(35)20(5)41-24/h8-9,14,17-21,23-24,26,28,35-36H,10-13,15H2,1-7H3,(H,33,38)/b9-8+,16-14+,25-22-/t17-,18+,19+,20+,21+,23-,24+,26+,28-,31-,32-/m1/s1. The minimum absolute atomic E-state index is 0.0119. The van der Waals surface area contributed by atoms with E-state index in [0.29, 0.717) is 19.4 Å². The highest BCUT2D eigenvalue weighted by atomic mass is 16.8. The Bertz CT molecular complexity index is 1240. The van der Waals surface area contributed by atoms with Crippen LogP contribution in [0.2, 0.25) is 0 Å². The van der Waals surface area contributed by atoms with Gasteiger partial charge in [0.25, 0.3) is 5.91 Å². The van der Waals surface area contributed by atoms with E-state index >= 15 is 0 Å². The molecule has 5 aliphatic heterocycles. The van der Waals surface area contributed by atoms with Crippen molar-refractivity contribution < 1.29 is 43.5 Å². The number of hydrogen-bond acceptors (Lipinski definition) is 9. The molecule has 2 bridgehead atoms. The van der Waals surface area contributed by atoms with Gasteiger partial charge in [0.2, 0.25) is 5.91 Å². The number of nitrogens with zero attached hydrogens (tertiary/aromatic N) is 1. The Morgan fingerprint density at radius 3 is 2.47 bits per heavy atom. The Labute approximate surface area is 253 Å². The maximum Gasteiger partial charge on any atom is 0.264 e. The zero-order chi connectivity index (χ0) is 31.4. The fraction of sp³-hybridized carbons (Fsp3) is 0.719. The van der Waals surface area contributed by atoms with Gasteiger partial charge in [0.1, 0.15) is 29.2 Å². The van der Waals surface area contributed by atoms with Crippen LogP contribution in [0.5, 0.6) is 0 Å². The van der Waals surface area contributed by atoms with E-state index in [4.69, 9.17) is 18.9 Å². The molecule has 43 heavy (non-hydrogen) atoms. The quantitative estimate of drug-likeness (QED) is 0.132. The molecule has 2 amide bonds. The van der Waals surface area contributed by atoms with E-state index < -0.39 is 59.5 Å². The Morgan fingerprint density at radius 2 is 1.84 bits per heavy atom. The van der Waals surface area contributed by atoms with Crippen LogP contribution in [0.4, 0.5) is 0 Å². The van der Waals surface area contributed by atoms with Gasteiger partial charge in [-0.1, -0.05) is 38.5 Å². The van der Waals surface area contributed by atoms with Crippen LogP contribution in [0.3, 0.4) is 0 Å². The number of likely N-dealkylation sites (tertiary alicyclic amines) is 1. The molecule has 5 rings (SSSR count). The average molecular weight is 603 g/mol. The molecule has 1 spiro atoms. The fourth-order valence-electron chi connectivity index (χ4n) is 7.26. The van der Waals surface area contributed by atoms with Gasteiger partial charge >= 0.3 is 0 Å². The van der Waals surface area contributed by atoms with Gasteiger partial charge in [0.05, 0.1) is 36.9 Å². The lowest BCUT2D eigenvalue weighted by atomic mass is 9.78. The molecule has 0 radical (unpaired) electrons. The number of carbonyl (C=O) groups is 3. The van der Waals surface area contributed by atoms with Gasteiger partial charge in [-0.2, -0.15) is 0 Å². The highest BCUT2D eigenvalue weighted by molar-refractivity contribution is 6.27. The summed E-state index contributed by atoms with van der Waals surface area (Å²) in [5.74, 6) is -3.70. The lowest BCUT2D eigenvalue weighted by Crippen LogP contribution is -2.63. The zero-order valence-electron chi connectivity index (χ0n) is 26.2. The van der Waals surface area contributed by atoms with Crippen LogP contribution in [-0.2, 0) is 33.3 Å². The van der Waals surface area contributed by atoms with Crippen molar-refractivity contribution in [2.24, 2.45) is 17.8 Å². The number of aliphatic hydroxyl groups is 2. The second kappa shape index (κ2) is 11.7. The first kappa shape index (κ1) is 31.8. The van der Waals surface area contributed by atoms with Gasteiger partial charge in [0, 0.05) is 18.9 Å². The van der Waals surface area contributed by atoms with Gasteiger partial charge in [0.15, 0.2) is 11.6 Å². The summed E-state index contributed by atoms with van der Waals surface area (Å²) >= 11 is 0. The number of ketones is 1. The van der Waals surface area contributed by atoms with E-state index in [1.807, 2.05) is 19.9 Å². The van der Waals surface area contributed by atoms with Crippen LogP contribution in [0.25, 0.3) is 0 Å². The molecular formula is C32H46N2O9. The maximum atomic E-state index is 13.6. The molecule has 0 aliphatic carbocycles. The van der Waals surface area contributed by atoms with Crippen LogP contribution in [0.1, 0.15) is 67.2 Å². The topological polar surface area (TPSA) is 147 Å². The van der Waals surface area contributed by atoms with Gasteiger partial charge in [-0.3, -0.25) is 14.4 Å². The average Bonchev–Trinajstić information content (AvgIpc) is 3.71. The van der Waals surface area contributed by atoms with Crippen molar-refractivity contribution in [3.8, 4) is 0 Å². The van der Waals surface area contributed by atoms with Gasteiger partial charge in [-0.05, 0) is 52.5 Å². The van der Waals surface area contributed by atoms with E-state index in [1.54, 1.807) is 19.9 Å². The highest BCUT2D eigenvalue weighted by Crippen LogP contribution is 2.55. The fourth-order valence-corrected chi connectivity index (χ4v) is 7.26.